The van der Waals surface area contributed by atoms with Gasteiger partial charge in [-0.1, -0.05) is 11.8 Å². The Morgan fingerprint density at radius 2 is 1.72 bits per heavy atom. The molecule has 0 radical (unpaired) electrons. The van der Waals surface area contributed by atoms with Gasteiger partial charge < -0.3 is 9.47 Å². The van der Waals surface area contributed by atoms with Crippen LogP contribution in [-0.2, 0) is 9.47 Å². The van der Waals surface area contributed by atoms with E-state index in [0.29, 0.717) is 6.61 Å². The summed E-state index contributed by atoms with van der Waals surface area (Å²) < 4.78 is 11.1. The molecule has 1 saturated heterocycles. The van der Waals surface area contributed by atoms with E-state index in [-0.39, 0.29) is 6.10 Å². The van der Waals surface area contributed by atoms with Gasteiger partial charge in [0.1, 0.15) is 0 Å². The summed E-state index contributed by atoms with van der Waals surface area (Å²) in [6, 6.07) is 0. The van der Waals surface area contributed by atoms with Crippen LogP contribution in [0.25, 0.3) is 0 Å². The predicted octanol–water partition coefficient (Wildman–Crippen LogP) is 1.95. The van der Waals surface area contributed by atoms with E-state index in [1.807, 2.05) is 13.8 Å². The number of hydrogen-bond acceptors (Lipinski definition) is 2. The zero-order valence-corrected chi connectivity index (χ0v) is 11.0. The van der Waals surface area contributed by atoms with Crippen molar-refractivity contribution in [3.63, 3.8) is 0 Å². The van der Waals surface area contributed by atoms with Crippen molar-refractivity contribution in [1.82, 2.24) is 0 Å². The minimum atomic E-state index is -0.451. The van der Waals surface area contributed by atoms with E-state index in [2.05, 4.69) is 47.4 Å². The van der Waals surface area contributed by atoms with Crippen LogP contribution in [0, 0.1) is 47.4 Å². The van der Waals surface area contributed by atoms with Crippen LogP contribution in [0.15, 0.2) is 0 Å². The number of ether oxygens (including phenoxy) is 2. The molecule has 18 heavy (non-hydrogen) atoms. The third-order valence-corrected chi connectivity index (χ3v) is 2.18. The molecule has 0 aromatic carbocycles. The minimum absolute atomic E-state index is 0.141. The molecule has 1 aliphatic rings. The first kappa shape index (κ1) is 14.2. The Morgan fingerprint density at radius 1 is 1.06 bits per heavy atom. The molecule has 2 nitrogen and oxygen atoms in total. The minimum Gasteiger partial charge on any atom is -0.348 e. The molecule has 1 heterocycles. The van der Waals surface area contributed by atoms with E-state index >= 15 is 0 Å². The Kier molecular flexibility index (Phi) is 5.91. The molecule has 0 unspecified atom stereocenters. The van der Waals surface area contributed by atoms with Gasteiger partial charge in [0.15, 0.2) is 5.79 Å². The van der Waals surface area contributed by atoms with Gasteiger partial charge in [-0.3, -0.25) is 0 Å². The summed E-state index contributed by atoms with van der Waals surface area (Å²) in [5, 5.41) is 0. The molecule has 92 valence electrons. The van der Waals surface area contributed by atoms with Crippen LogP contribution in [0.2, 0.25) is 0 Å². The SMILES string of the molecule is CC#CC#CC#CC#CCC[C@H]1COC(C)(C)O1. The maximum Gasteiger partial charge on any atom is 0.163 e. The summed E-state index contributed by atoms with van der Waals surface area (Å²) in [5.41, 5.74) is 0. The molecule has 1 rings (SSSR count). The lowest BCUT2D eigenvalue weighted by atomic mass is 10.2. The summed E-state index contributed by atoms with van der Waals surface area (Å²) in [5.74, 6) is 21.0. The monoisotopic (exact) mass is 240 g/mol. The average molecular weight is 240 g/mol. The second kappa shape index (κ2) is 7.48. The van der Waals surface area contributed by atoms with E-state index in [1.165, 1.54) is 0 Å². The van der Waals surface area contributed by atoms with Crippen molar-refractivity contribution in [3.8, 4) is 47.4 Å². The van der Waals surface area contributed by atoms with Gasteiger partial charge in [0, 0.05) is 6.42 Å². The second-order valence-electron chi connectivity index (χ2n) is 4.17. The standard InChI is InChI=1S/C16H16O2/c1-4-5-6-7-8-9-10-11-12-13-15-14-17-16(2,3)18-15/h15H,12-14H2,1-3H3/t15-/m0/s1. The van der Waals surface area contributed by atoms with Crippen molar-refractivity contribution in [3.05, 3.63) is 0 Å². The largest absolute Gasteiger partial charge is 0.348 e. The molecule has 1 fully saturated rings. The normalized spacial score (nSPS) is 18.9. The molecule has 0 aliphatic carbocycles. The Bertz CT molecular complexity index is 512. The van der Waals surface area contributed by atoms with Gasteiger partial charge in [0.05, 0.1) is 12.7 Å². The average Bonchev–Trinajstić information content (AvgIpc) is 2.67. The van der Waals surface area contributed by atoms with Crippen molar-refractivity contribution in [2.75, 3.05) is 6.61 Å². The quantitative estimate of drug-likeness (QED) is 0.687. The van der Waals surface area contributed by atoms with Crippen molar-refractivity contribution in [2.45, 2.75) is 45.5 Å². The topological polar surface area (TPSA) is 18.5 Å². The lowest BCUT2D eigenvalue weighted by molar-refractivity contribution is -0.138. The maximum atomic E-state index is 5.66. The molecule has 0 amide bonds. The van der Waals surface area contributed by atoms with Gasteiger partial charge >= 0.3 is 0 Å². The van der Waals surface area contributed by atoms with E-state index < -0.39 is 5.79 Å². The van der Waals surface area contributed by atoms with Crippen molar-refractivity contribution < 1.29 is 9.47 Å². The van der Waals surface area contributed by atoms with Gasteiger partial charge in [-0.15, -0.1) is 0 Å². The molecule has 0 saturated carbocycles. The second-order valence-corrected chi connectivity index (χ2v) is 4.17. The zero-order chi connectivity index (χ0) is 13.3. The fourth-order valence-electron chi connectivity index (χ4n) is 1.43. The molecule has 0 aromatic rings. The highest BCUT2D eigenvalue weighted by atomic mass is 16.7. The third-order valence-electron chi connectivity index (χ3n) is 2.18. The van der Waals surface area contributed by atoms with Gasteiger partial charge in [-0.2, -0.15) is 0 Å². The van der Waals surface area contributed by atoms with Crippen LogP contribution in [0.5, 0.6) is 0 Å². The molecule has 0 aromatic heterocycles. The number of hydrogen-bond donors (Lipinski definition) is 0. The summed E-state index contributed by atoms with van der Waals surface area (Å²) in [6.07, 6.45) is 1.76. The fraction of sp³-hybridized carbons (Fsp3) is 0.500. The van der Waals surface area contributed by atoms with Crippen LogP contribution >= 0.6 is 0 Å². The van der Waals surface area contributed by atoms with Crippen LogP contribution in [-0.4, -0.2) is 18.5 Å². The van der Waals surface area contributed by atoms with Gasteiger partial charge in [-0.05, 0) is 62.7 Å². The maximum absolute atomic E-state index is 5.66. The highest BCUT2D eigenvalue weighted by molar-refractivity contribution is 5.39. The lowest BCUT2D eigenvalue weighted by Crippen LogP contribution is -2.21. The highest BCUT2D eigenvalue weighted by Crippen LogP contribution is 2.24. The van der Waals surface area contributed by atoms with Crippen LogP contribution in [0.3, 0.4) is 0 Å². The lowest BCUT2D eigenvalue weighted by Gasteiger charge is -2.16. The van der Waals surface area contributed by atoms with Crippen molar-refractivity contribution in [2.24, 2.45) is 0 Å². The summed E-state index contributed by atoms with van der Waals surface area (Å²) >= 11 is 0. The predicted molar refractivity (Wildman–Crippen MR) is 70.9 cm³/mol. The van der Waals surface area contributed by atoms with E-state index in [1.54, 1.807) is 6.92 Å². The molecule has 1 atom stereocenters. The van der Waals surface area contributed by atoms with Crippen LogP contribution in [0.1, 0.15) is 33.6 Å². The van der Waals surface area contributed by atoms with Gasteiger partial charge in [0.2, 0.25) is 0 Å². The Morgan fingerprint density at radius 3 is 2.33 bits per heavy atom. The molecule has 0 bridgehead atoms. The van der Waals surface area contributed by atoms with Crippen LogP contribution in [0.4, 0.5) is 0 Å². The Labute approximate surface area is 109 Å². The van der Waals surface area contributed by atoms with Gasteiger partial charge in [-0.25, -0.2) is 0 Å². The van der Waals surface area contributed by atoms with Crippen LogP contribution < -0.4 is 0 Å². The third kappa shape index (κ3) is 6.03. The zero-order valence-electron chi connectivity index (χ0n) is 11.0. The smallest absolute Gasteiger partial charge is 0.163 e. The summed E-state index contributed by atoms with van der Waals surface area (Å²) in [6.45, 7) is 6.21. The molecule has 0 N–H and O–H groups in total. The number of rotatable bonds is 2. The molecular weight excluding hydrogens is 224 g/mol. The summed E-state index contributed by atoms with van der Waals surface area (Å²) in [4.78, 5) is 0. The first-order valence-electron chi connectivity index (χ1n) is 5.85. The molecule has 2 heteroatoms. The summed E-state index contributed by atoms with van der Waals surface area (Å²) in [7, 11) is 0. The first-order chi connectivity index (χ1) is 8.64. The Balaban J connectivity index is 2.23. The highest BCUT2D eigenvalue weighted by Gasteiger charge is 2.31. The molecule has 1 aliphatic heterocycles. The van der Waals surface area contributed by atoms with Gasteiger partial charge in [0.25, 0.3) is 0 Å². The van der Waals surface area contributed by atoms with Crippen molar-refractivity contribution in [1.29, 1.82) is 0 Å². The van der Waals surface area contributed by atoms with Crippen molar-refractivity contribution >= 4 is 0 Å². The van der Waals surface area contributed by atoms with E-state index in [4.69, 9.17) is 9.47 Å². The molecular formula is C16H16O2. The molecule has 0 spiro atoms. The van der Waals surface area contributed by atoms with E-state index in [0.717, 1.165) is 12.8 Å². The first-order valence-corrected chi connectivity index (χ1v) is 5.85. The van der Waals surface area contributed by atoms with E-state index in [9.17, 15) is 0 Å². The Hall–Kier alpha value is -1.84. The fourth-order valence-corrected chi connectivity index (χ4v) is 1.43.